The Hall–Kier alpha value is -3.59. The maximum Gasteiger partial charge on any atom is 0.326 e. The van der Waals surface area contributed by atoms with E-state index < -0.39 is 11.6 Å². The molecule has 2 N–H and O–H groups in total. The summed E-state index contributed by atoms with van der Waals surface area (Å²) in [5.41, 5.74) is 2.56. The second kappa shape index (κ2) is 9.34. The Bertz CT molecular complexity index is 1240. The first-order chi connectivity index (χ1) is 16.5. The predicted molar refractivity (Wildman–Crippen MR) is 130 cm³/mol. The van der Waals surface area contributed by atoms with Crippen molar-refractivity contribution in [3.05, 3.63) is 64.3 Å². The van der Waals surface area contributed by atoms with Crippen LogP contribution in [0.4, 0.5) is 20.4 Å². The highest BCUT2D eigenvalue weighted by molar-refractivity contribution is 6.05. The number of rotatable bonds is 5. The molecule has 2 aliphatic heterocycles. The summed E-state index contributed by atoms with van der Waals surface area (Å²) in [6.07, 6.45) is 7.95. The van der Waals surface area contributed by atoms with Gasteiger partial charge in [-0.3, -0.25) is 4.99 Å². The molecule has 5 rings (SSSR count). The van der Waals surface area contributed by atoms with Crippen molar-refractivity contribution >= 4 is 23.5 Å². The van der Waals surface area contributed by atoms with Crippen LogP contribution in [0.5, 0.6) is 11.8 Å². The fourth-order valence-corrected chi connectivity index (χ4v) is 4.28. The lowest BCUT2D eigenvalue weighted by molar-refractivity contribution is 0.405. The van der Waals surface area contributed by atoms with Crippen LogP contribution in [0.2, 0.25) is 0 Å². The van der Waals surface area contributed by atoms with Crippen LogP contribution in [0.15, 0.2) is 46.5 Å². The van der Waals surface area contributed by atoms with Crippen molar-refractivity contribution in [2.45, 2.75) is 20.3 Å². The minimum atomic E-state index is -0.613. The number of anilines is 2. The van der Waals surface area contributed by atoms with Gasteiger partial charge in [-0.2, -0.15) is 9.97 Å². The first kappa shape index (κ1) is 22.2. The number of halogens is 2. The average Bonchev–Trinajstić information content (AvgIpc) is 3.44. The molecule has 34 heavy (non-hydrogen) atoms. The second-order valence-corrected chi connectivity index (χ2v) is 8.51. The molecule has 1 aromatic carbocycles. The Balaban J connectivity index is 1.48. The number of aromatic nitrogens is 2. The smallest absolute Gasteiger partial charge is 0.326 e. The van der Waals surface area contributed by atoms with E-state index in [-0.39, 0.29) is 17.3 Å². The first-order valence-corrected chi connectivity index (χ1v) is 11.4. The number of ether oxygens (including phenoxy) is 1. The predicted octanol–water partition coefficient (Wildman–Crippen LogP) is 4.24. The van der Waals surface area contributed by atoms with Crippen molar-refractivity contribution in [2.75, 3.05) is 42.9 Å². The van der Waals surface area contributed by atoms with E-state index in [9.17, 15) is 4.39 Å². The average molecular weight is 465 g/mol. The van der Waals surface area contributed by atoms with Crippen LogP contribution in [0.25, 0.3) is 6.08 Å². The molecular formula is C25H26F2N6O. The van der Waals surface area contributed by atoms with E-state index in [4.69, 9.17) is 4.74 Å². The van der Waals surface area contributed by atoms with Crippen LogP contribution in [0.3, 0.4) is 0 Å². The summed E-state index contributed by atoms with van der Waals surface area (Å²) in [5.74, 6) is 0.422. The number of hydrogen-bond donors (Lipinski definition) is 2. The first-order valence-electron chi connectivity index (χ1n) is 11.4. The molecule has 0 unspecified atom stereocenters. The Morgan fingerprint density at radius 1 is 1.15 bits per heavy atom. The molecular weight excluding hydrogens is 438 g/mol. The van der Waals surface area contributed by atoms with Crippen LogP contribution < -0.4 is 20.3 Å². The normalized spacial score (nSPS) is 17.5. The topological polar surface area (TPSA) is 74.7 Å². The van der Waals surface area contributed by atoms with E-state index in [1.165, 1.54) is 0 Å². The summed E-state index contributed by atoms with van der Waals surface area (Å²) in [6, 6.07) is 2.82. The lowest BCUT2D eigenvalue weighted by Gasteiger charge is -2.28. The molecule has 0 bridgehead atoms. The van der Waals surface area contributed by atoms with Gasteiger partial charge in [0.05, 0.1) is 6.54 Å². The monoisotopic (exact) mass is 464 g/mol. The molecule has 0 radical (unpaired) electrons. The maximum atomic E-state index is 15.2. The number of allylic oxidation sites excluding steroid dienone is 2. The Labute approximate surface area is 197 Å². The Morgan fingerprint density at radius 2 is 1.97 bits per heavy atom. The largest absolute Gasteiger partial charge is 0.421 e. The molecule has 3 heterocycles. The van der Waals surface area contributed by atoms with Gasteiger partial charge in [0.2, 0.25) is 0 Å². The number of fused-ring (bicyclic) bond motifs is 1. The van der Waals surface area contributed by atoms with Gasteiger partial charge in [-0.15, -0.1) is 0 Å². The van der Waals surface area contributed by atoms with Gasteiger partial charge in [0.25, 0.3) is 0 Å². The summed E-state index contributed by atoms with van der Waals surface area (Å²) in [5, 5.41) is 6.51. The fourth-order valence-electron chi connectivity index (χ4n) is 4.28. The third kappa shape index (κ3) is 4.56. The van der Waals surface area contributed by atoms with Gasteiger partial charge in [-0.25, -0.2) is 8.78 Å². The van der Waals surface area contributed by atoms with Crippen LogP contribution in [0.1, 0.15) is 25.0 Å². The zero-order valence-electron chi connectivity index (χ0n) is 19.2. The number of benzene rings is 1. The molecule has 1 fully saturated rings. The molecule has 2 aromatic rings. The Kier molecular flexibility index (Phi) is 6.10. The zero-order chi connectivity index (χ0) is 23.7. The van der Waals surface area contributed by atoms with E-state index >= 15 is 4.39 Å². The Morgan fingerprint density at radius 3 is 2.76 bits per heavy atom. The van der Waals surface area contributed by atoms with Gasteiger partial charge >= 0.3 is 6.01 Å². The van der Waals surface area contributed by atoms with Crippen LogP contribution in [0, 0.1) is 11.6 Å². The zero-order valence-corrected chi connectivity index (χ0v) is 19.2. The molecule has 1 aliphatic carbocycles. The van der Waals surface area contributed by atoms with E-state index in [1.807, 2.05) is 38.1 Å². The number of nitrogens with one attached hydrogen (secondary N) is 2. The van der Waals surface area contributed by atoms with Crippen molar-refractivity contribution < 1.29 is 13.5 Å². The summed E-state index contributed by atoms with van der Waals surface area (Å²) >= 11 is 0. The van der Waals surface area contributed by atoms with Crippen LogP contribution >= 0.6 is 0 Å². The lowest BCUT2D eigenvalue weighted by Crippen LogP contribution is -2.44. The van der Waals surface area contributed by atoms with E-state index in [2.05, 4.69) is 30.5 Å². The van der Waals surface area contributed by atoms with Gasteiger partial charge in [-0.05, 0) is 31.9 Å². The number of amidine groups is 1. The quantitative estimate of drug-likeness (QED) is 0.690. The third-order valence-corrected chi connectivity index (χ3v) is 5.90. The molecule has 3 aliphatic rings. The van der Waals surface area contributed by atoms with Crippen LogP contribution in [-0.2, 0) is 6.42 Å². The van der Waals surface area contributed by atoms with E-state index in [1.54, 1.807) is 6.08 Å². The summed E-state index contributed by atoms with van der Waals surface area (Å²) in [6.45, 7) is 7.54. The van der Waals surface area contributed by atoms with Gasteiger partial charge < -0.3 is 20.3 Å². The molecule has 7 nitrogen and oxygen atoms in total. The number of hydrogen-bond acceptors (Lipinski definition) is 7. The van der Waals surface area contributed by atoms with Crippen molar-refractivity contribution in [1.29, 1.82) is 0 Å². The summed E-state index contributed by atoms with van der Waals surface area (Å²) in [4.78, 5) is 15.5. The highest BCUT2D eigenvalue weighted by Crippen LogP contribution is 2.36. The van der Waals surface area contributed by atoms with Crippen molar-refractivity contribution in [3.63, 3.8) is 0 Å². The molecule has 1 aromatic heterocycles. The van der Waals surface area contributed by atoms with Crippen molar-refractivity contribution in [2.24, 2.45) is 4.99 Å². The molecule has 0 saturated carbocycles. The fraction of sp³-hybridized carbons (Fsp3) is 0.320. The number of aliphatic imine (C=N–C) groups is 1. The van der Waals surface area contributed by atoms with Gasteiger partial charge in [0.1, 0.15) is 23.3 Å². The molecule has 176 valence electrons. The molecule has 0 amide bonds. The third-order valence-electron chi connectivity index (χ3n) is 5.90. The minimum Gasteiger partial charge on any atom is -0.421 e. The standard InChI is InChI=1S/C25H26F2N6O/c1-3-4-16-11-21(29-14-16)30-22-13-23(33-7-5-28-6-8-33)32-25(31-22)34-20-12-19(26)17-9-15(2)10-18(17)24(20)27/h3-4,10-13,28H,5-9,14H2,1-2H3,(H,29,30,31,32)/b4-3-. The second-order valence-electron chi connectivity index (χ2n) is 8.51. The van der Waals surface area contributed by atoms with Gasteiger partial charge in [0, 0.05) is 49.4 Å². The summed E-state index contributed by atoms with van der Waals surface area (Å²) < 4.78 is 35.5. The highest BCUT2D eigenvalue weighted by atomic mass is 19.1. The van der Waals surface area contributed by atoms with Crippen molar-refractivity contribution in [3.8, 4) is 11.8 Å². The molecule has 0 spiro atoms. The number of piperazine rings is 1. The van der Waals surface area contributed by atoms with Crippen molar-refractivity contribution in [1.82, 2.24) is 15.3 Å². The summed E-state index contributed by atoms with van der Waals surface area (Å²) in [7, 11) is 0. The van der Waals surface area contributed by atoms with Gasteiger partial charge in [-0.1, -0.05) is 23.8 Å². The molecule has 1 saturated heterocycles. The number of nitrogens with zero attached hydrogens (tertiary/aromatic N) is 4. The molecule has 0 atom stereocenters. The minimum absolute atomic E-state index is 0.0632. The maximum absolute atomic E-state index is 15.2. The van der Waals surface area contributed by atoms with Crippen LogP contribution in [-0.4, -0.2) is 48.5 Å². The lowest BCUT2D eigenvalue weighted by atomic mass is 10.1. The molecule has 9 heteroatoms. The SMILES string of the molecule is C/C=C\C1=CC(Nc2cc(N3CCNCC3)nc(Oc3cc(F)c4c(c3F)C=C(C)C4)n2)=NC1. The highest BCUT2D eigenvalue weighted by Gasteiger charge is 2.24. The van der Waals surface area contributed by atoms with Gasteiger partial charge in [0.15, 0.2) is 11.6 Å². The van der Waals surface area contributed by atoms with E-state index in [0.29, 0.717) is 36.0 Å². The van der Waals surface area contributed by atoms with E-state index in [0.717, 1.165) is 43.4 Å².